The summed E-state index contributed by atoms with van der Waals surface area (Å²) in [6.45, 7) is 3.59. The van der Waals surface area contributed by atoms with Crippen molar-refractivity contribution in [2.75, 3.05) is 31.2 Å². The van der Waals surface area contributed by atoms with Crippen molar-refractivity contribution in [3.63, 3.8) is 0 Å². The minimum absolute atomic E-state index is 0.0920. The van der Waals surface area contributed by atoms with Crippen LogP contribution in [0.5, 0.6) is 0 Å². The predicted molar refractivity (Wildman–Crippen MR) is 100 cm³/mol. The van der Waals surface area contributed by atoms with Crippen LogP contribution >= 0.6 is 11.3 Å². The van der Waals surface area contributed by atoms with E-state index in [-0.39, 0.29) is 5.91 Å². The zero-order chi connectivity index (χ0) is 17.1. The molecule has 128 valence electrons. The molecule has 3 aromatic rings. The summed E-state index contributed by atoms with van der Waals surface area (Å²) in [5.74, 6) is 0.833. The molecule has 1 aliphatic heterocycles. The van der Waals surface area contributed by atoms with Crippen molar-refractivity contribution in [1.29, 1.82) is 0 Å². The SMILES string of the molecule is O=C(NCc1cccs1)c1cnc(N2CCOCC2)c2ccccc12. The Morgan fingerprint density at radius 3 is 2.72 bits per heavy atom. The Bertz CT molecular complexity index is 874. The molecule has 1 aliphatic rings. The molecule has 6 heteroatoms. The molecule has 0 bridgehead atoms. The second-order valence-electron chi connectivity index (χ2n) is 5.90. The minimum Gasteiger partial charge on any atom is -0.378 e. The van der Waals surface area contributed by atoms with Crippen LogP contribution in [0.2, 0.25) is 0 Å². The van der Waals surface area contributed by atoms with E-state index < -0.39 is 0 Å². The van der Waals surface area contributed by atoms with Gasteiger partial charge in [-0.3, -0.25) is 4.79 Å². The number of hydrogen-bond acceptors (Lipinski definition) is 5. The lowest BCUT2D eigenvalue weighted by atomic mass is 10.1. The molecule has 1 N–H and O–H groups in total. The van der Waals surface area contributed by atoms with Crippen LogP contribution in [-0.2, 0) is 11.3 Å². The molecule has 3 heterocycles. The van der Waals surface area contributed by atoms with Gasteiger partial charge in [0.25, 0.3) is 5.91 Å². The molecule has 1 saturated heterocycles. The summed E-state index contributed by atoms with van der Waals surface area (Å²) in [6, 6.07) is 12.0. The van der Waals surface area contributed by atoms with E-state index in [1.807, 2.05) is 41.8 Å². The zero-order valence-electron chi connectivity index (χ0n) is 13.8. The number of thiophene rings is 1. The lowest BCUT2D eigenvalue weighted by molar-refractivity contribution is 0.0952. The first-order valence-electron chi connectivity index (χ1n) is 8.34. The number of carbonyl (C=O) groups is 1. The third-order valence-electron chi connectivity index (χ3n) is 4.33. The molecule has 4 rings (SSSR count). The topological polar surface area (TPSA) is 54.5 Å². The number of rotatable bonds is 4. The van der Waals surface area contributed by atoms with Crippen molar-refractivity contribution >= 4 is 33.8 Å². The number of amides is 1. The van der Waals surface area contributed by atoms with E-state index in [4.69, 9.17) is 4.74 Å². The summed E-state index contributed by atoms with van der Waals surface area (Å²) in [6.07, 6.45) is 1.69. The molecule has 0 atom stereocenters. The van der Waals surface area contributed by atoms with E-state index >= 15 is 0 Å². The van der Waals surface area contributed by atoms with Crippen LogP contribution in [0.1, 0.15) is 15.2 Å². The molecule has 0 unspecified atom stereocenters. The van der Waals surface area contributed by atoms with Crippen LogP contribution in [0.15, 0.2) is 48.0 Å². The van der Waals surface area contributed by atoms with E-state index in [2.05, 4.69) is 15.2 Å². The van der Waals surface area contributed by atoms with Gasteiger partial charge in [0.2, 0.25) is 0 Å². The van der Waals surface area contributed by atoms with Crippen LogP contribution in [0.25, 0.3) is 10.8 Å². The van der Waals surface area contributed by atoms with Crippen molar-refractivity contribution in [3.05, 3.63) is 58.4 Å². The van der Waals surface area contributed by atoms with Crippen molar-refractivity contribution in [1.82, 2.24) is 10.3 Å². The maximum absolute atomic E-state index is 12.7. The van der Waals surface area contributed by atoms with Gasteiger partial charge in [-0.15, -0.1) is 11.3 Å². The van der Waals surface area contributed by atoms with Crippen LogP contribution in [0.3, 0.4) is 0 Å². The number of hydrogen-bond donors (Lipinski definition) is 1. The molecule has 0 spiro atoms. The second kappa shape index (κ2) is 7.21. The number of nitrogens with zero attached hydrogens (tertiary/aromatic N) is 2. The highest BCUT2D eigenvalue weighted by Crippen LogP contribution is 2.27. The van der Waals surface area contributed by atoms with Gasteiger partial charge in [-0.1, -0.05) is 30.3 Å². The van der Waals surface area contributed by atoms with Gasteiger partial charge in [-0.25, -0.2) is 4.98 Å². The molecule has 5 nitrogen and oxygen atoms in total. The quantitative estimate of drug-likeness (QED) is 0.783. The summed E-state index contributed by atoms with van der Waals surface area (Å²) < 4.78 is 5.43. The fourth-order valence-corrected chi connectivity index (χ4v) is 3.71. The molecule has 1 aromatic carbocycles. The fraction of sp³-hybridized carbons (Fsp3) is 0.263. The Hall–Kier alpha value is -2.44. The number of anilines is 1. The van der Waals surface area contributed by atoms with Crippen LogP contribution in [0.4, 0.5) is 5.82 Å². The molecule has 0 saturated carbocycles. The average molecular weight is 353 g/mol. The maximum Gasteiger partial charge on any atom is 0.253 e. The summed E-state index contributed by atoms with van der Waals surface area (Å²) >= 11 is 1.64. The van der Waals surface area contributed by atoms with Crippen LogP contribution < -0.4 is 10.2 Å². The van der Waals surface area contributed by atoms with Gasteiger partial charge < -0.3 is 15.0 Å². The Morgan fingerprint density at radius 1 is 1.16 bits per heavy atom. The van der Waals surface area contributed by atoms with E-state index in [9.17, 15) is 4.79 Å². The van der Waals surface area contributed by atoms with Gasteiger partial charge in [0.15, 0.2) is 0 Å². The number of carbonyl (C=O) groups excluding carboxylic acids is 1. The number of pyridine rings is 1. The molecule has 2 aromatic heterocycles. The van der Waals surface area contributed by atoms with Crippen molar-refractivity contribution in [2.24, 2.45) is 0 Å². The first-order chi connectivity index (χ1) is 12.3. The standard InChI is InChI=1S/C19H19N3O2S/c23-19(21-12-14-4-3-11-25-14)17-13-20-18(22-7-9-24-10-8-22)16-6-2-1-5-15(16)17/h1-6,11,13H,7-10,12H2,(H,21,23). The second-order valence-corrected chi connectivity index (χ2v) is 6.93. The van der Waals surface area contributed by atoms with E-state index in [0.717, 1.165) is 34.6 Å². The van der Waals surface area contributed by atoms with Gasteiger partial charge in [-0.2, -0.15) is 0 Å². The van der Waals surface area contributed by atoms with Gasteiger partial charge in [0.1, 0.15) is 5.82 Å². The lowest BCUT2D eigenvalue weighted by Crippen LogP contribution is -2.37. The first kappa shape index (κ1) is 16.1. The first-order valence-corrected chi connectivity index (χ1v) is 9.22. The molecular formula is C19H19N3O2S. The van der Waals surface area contributed by atoms with Crippen LogP contribution in [-0.4, -0.2) is 37.2 Å². The number of fused-ring (bicyclic) bond motifs is 1. The van der Waals surface area contributed by atoms with Gasteiger partial charge in [0, 0.05) is 29.5 Å². The van der Waals surface area contributed by atoms with Crippen molar-refractivity contribution in [2.45, 2.75) is 6.54 Å². The summed E-state index contributed by atoms with van der Waals surface area (Å²) in [7, 11) is 0. The molecule has 25 heavy (non-hydrogen) atoms. The highest BCUT2D eigenvalue weighted by molar-refractivity contribution is 7.09. The number of nitrogens with one attached hydrogen (secondary N) is 1. The van der Waals surface area contributed by atoms with Gasteiger partial charge in [0.05, 0.1) is 25.3 Å². The number of benzene rings is 1. The highest BCUT2D eigenvalue weighted by atomic mass is 32.1. The monoisotopic (exact) mass is 353 g/mol. The minimum atomic E-state index is -0.0920. The van der Waals surface area contributed by atoms with Gasteiger partial charge >= 0.3 is 0 Å². The van der Waals surface area contributed by atoms with Crippen molar-refractivity contribution < 1.29 is 9.53 Å². The smallest absolute Gasteiger partial charge is 0.253 e. The fourth-order valence-electron chi connectivity index (χ4n) is 3.06. The Balaban J connectivity index is 1.64. The molecule has 0 aliphatic carbocycles. The maximum atomic E-state index is 12.7. The van der Waals surface area contributed by atoms with E-state index in [1.165, 1.54) is 0 Å². The Labute approximate surface area is 150 Å². The molecule has 1 fully saturated rings. The average Bonchev–Trinajstić information content (AvgIpc) is 3.19. The van der Waals surface area contributed by atoms with Crippen molar-refractivity contribution in [3.8, 4) is 0 Å². The highest BCUT2D eigenvalue weighted by Gasteiger charge is 2.18. The number of ether oxygens (including phenoxy) is 1. The largest absolute Gasteiger partial charge is 0.378 e. The normalized spacial score (nSPS) is 14.6. The molecule has 0 radical (unpaired) electrons. The Morgan fingerprint density at radius 2 is 1.96 bits per heavy atom. The summed E-state index contributed by atoms with van der Waals surface area (Å²) in [5.41, 5.74) is 0.615. The third-order valence-corrected chi connectivity index (χ3v) is 5.21. The Kier molecular flexibility index (Phi) is 4.63. The third kappa shape index (κ3) is 3.36. The lowest BCUT2D eigenvalue weighted by Gasteiger charge is -2.29. The van der Waals surface area contributed by atoms with E-state index in [1.54, 1.807) is 17.5 Å². The molecular weight excluding hydrogens is 334 g/mol. The number of morpholine rings is 1. The number of aromatic nitrogens is 1. The summed E-state index contributed by atoms with van der Waals surface area (Å²) in [4.78, 5) is 20.6. The predicted octanol–water partition coefficient (Wildman–Crippen LogP) is 3.06. The van der Waals surface area contributed by atoms with E-state index in [0.29, 0.717) is 25.3 Å². The van der Waals surface area contributed by atoms with Gasteiger partial charge in [-0.05, 0) is 16.8 Å². The van der Waals surface area contributed by atoms with Crippen LogP contribution in [0, 0.1) is 0 Å². The zero-order valence-corrected chi connectivity index (χ0v) is 14.6. The molecule has 1 amide bonds. The summed E-state index contributed by atoms with van der Waals surface area (Å²) in [5, 5.41) is 6.94.